The summed E-state index contributed by atoms with van der Waals surface area (Å²) < 4.78 is 0. The van der Waals surface area contributed by atoms with Crippen LogP contribution >= 0.6 is 0 Å². The summed E-state index contributed by atoms with van der Waals surface area (Å²) in [4.78, 5) is 44.5. The van der Waals surface area contributed by atoms with Crippen LogP contribution in [0.1, 0.15) is 52.5 Å². The predicted octanol–water partition coefficient (Wildman–Crippen LogP) is 3.01. The summed E-state index contributed by atoms with van der Waals surface area (Å²) in [5.41, 5.74) is -0.846. The average Bonchev–Trinajstić information content (AvgIpc) is 3.45. The summed E-state index contributed by atoms with van der Waals surface area (Å²) in [7, 11) is 0. The Labute approximate surface area is 234 Å². The van der Waals surface area contributed by atoms with Crippen LogP contribution in [0.4, 0.5) is 0 Å². The fourth-order valence-corrected chi connectivity index (χ4v) is 7.56. The van der Waals surface area contributed by atoms with E-state index in [1.165, 1.54) is 0 Å². The first kappa shape index (κ1) is 28.5. The van der Waals surface area contributed by atoms with Crippen molar-refractivity contribution < 1.29 is 29.7 Å². The molecule has 2 heterocycles. The molecule has 214 valence electrons. The van der Waals surface area contributed by atoms with Crippen LogP contribution < -0.4 is 5.32 Å². The van der Waals surface area contributed by atoms with Crippen molar-refractivity contribution in [2.24, 2.45) is 29.1 Å². The molecule has 2 aromatic rings. The Morgan fingerprint density at radius 3 is 2.58 bits per heavy atom. The molecule has 1 amide bonds. The van der Waals surface area contributed by atoms with Crippen LogP contribution in [-0.2, 0) is 20.8 Å². The quantitative estimate of drug-likeness (QED) is 0.289. The SMILES string of the molecule is CC1=C[C@@H](C)CC=C[C@H]2[C@H](O)[C@](C)(O)[C@@H](C)[C@H]3[C@H](Cc4c[nH]c5ccccc45)NC(=O)[C@]32C(=O)CC[C@@H](O)C1=O. The van der Waals surface area contributed by atoms with Crippen molar-refractivity contribution >= 4 is 28.4 Å². The maximum absolute atomic E-state index is 14.3. The molecule has 5 N–H and O–H groups in total. The number of carbonyl (C=O) groups excluding carboxylic acids is 3. The number of aliphatic hydroxyl groups is 3. The van der Waals surface area contributed by atoms with Crippen LogP contribution in [0.3, 0.4) is 0 Å². The molecule has 2 fully saturated rings. The topological polar surface area (TPSA) is 140 Å². The monoisotopic (exact) mass is 548 g/mol. The van der Waals surface area contributed by atoms with Crippen LogP contribution in [0, 0.1) is 29.1 Å². The first-order chi connectivity index (χ1) is 18.9. The van der Waals surface area contributed by atoms with Gasteiger partial charge >= 0.3 is 0 Å². The van der Waals surface area contributed by atoms with Crippen LogP contribution in [-0.4, -0.2) is 61.6 Å². The highest BCUT2D eigenvalue weighted by Gasteiger charge is 2.71. The van der Waals surface area contributed by atoms with E-state index in [4.69, 9.17) is 0 Å². The Morgan fingerprint density at radius 2 is 1.82 bits per heavy atom. The average molecular weight is 549 g/mol. The van der Waals surface area contributed by atoms with Crippen molar-refractivity contribution in [3.8, 4) is 0 Å². The molecule has 1 spiro atoms. The molecular formula is C32H40N2O6. The second kappa shape index (κ2) is 10.4. The minimum absolute atomic E-state index is 0.0530. The second-order valence-corrected chi connectivity index (χ2v) is 12.4. The largest absolute Gasteiger partial charge is 0.389 e. The van der Waals surface area contributed by atoms with Crippen molar-refractivity contribution in [3.63, 3.8) is 0 Å². The molecule has 2 aliphatic carbocycles. The summed E-state index contributed by atoms with van der Waals surface area (Å²) in [6.07, 6.45) is 5.12. The molecule has 40 heavy (non-hydrogen) atoms. The number of hydrogen-bond acceptors (Lipinski definition) is 6. The molecule has 8 nitrogen and oxygen atoms in total. The van der Waals surface area contributed by atoms with Crippen LogP contribution in [0.15, 0.2) is 54.3 Å². The number of ketones is 2. The second-order valence-electron chi connectivity index (χ2n) is 12.4. The molecule has 9 atom stereocenters. The zero-order valence-corrected chi connectivity index (χ0v) is 23.6. The van der Waals surface area contributed by atoms with E-state index in [1.807, 2.05) is 43.5 Å². The van der Waals surface area contributed by atoms with Gasteiger partial charge in [0.25, 0.3) is 0 Å². The maximum Gasteiger partial charge on any atom is 0.235 e. The molecule has 8 heteroatoms. The van der Waals surface area contributed by atoms with Gasteiger partial charge < -0.3 is 25.6 Å². The van der Waals surface area contributed by atoms with E-state index in [1.54, 1.807) is 32.9 Å². The zero-order valence-electron chi connectivity index (χ0n) is 23.6. The van der Waals surface area contributed by atoms with Crippen molar-refractivity contribution in [1.29, 1.82) is 0 Å². The number of aliphatic hydroxyl groups excluding tert-OH is 2. The van der Waals surface area contributed by atoms with Gasteiger partial charge in [0.2, 0.25) is 5.91 Å². The van der Waals surface area contributed by atoms with Gasteiger partial charge in [0.05, 0.1) is 11.7 Å². The van der Waals surface area contributed by atoms with E-state index in [0.717, 1.165) is 16.5 Å². The molecule has 1 aliphatic heterocycles. The van der Waals surface area contributed by atoms with Crippen LogP contribution in [0.2, 0.25) is 0 Å². The lowest BCUT2D eigenvalue weighted by Gasteiger charge is -2.55. The van der Waals surface area contributed by atoms with E-state index < -0.39 is 64.5 Å². The molecule has 5 rings (SSSR count). The van der Waals surface area contributed by atoms with E-state index in [9.17, 15) is 29.7 Å². The molecule has 1 saturated heterocycles. The Kier molecular flexibility index (Phi) is 7.40. The van der Waals surface area contributed by atoms with Crippen LogP contribution in [0.5, 0.6) is 0 Å². The minimum Gasteiger partial charge on any atom is -0.389 e. The van der Waals surface area contributed by atoms with E-state index in [2.05, 4.69) is 10.3 Å². The smallest absolute Gasteiger partial charge is 0.235 e. The normalized spacial score (nSPS) is 39.0. The number of H-pyrrole nitrogens is 1. The zero-order chi connectivity index (χ0) is 29.0. The lowest BCUT2D eigenvalue weighted by atomic mass is 9.49. The Bertz CT molecular complexity index is 1390. The van der Waals surface area contributed by atoms with Gasteiger partial charge in [-0.3, -0.25) is 14.4 Å². The van der Waals surface area contributed by atoms with Crippen molar-refractivity contribution in [2.75, 3.05) is 0 Å². The highest BCUT2D eigenvalue weighted by molar-refractivity contribution is 6.09. The van der Waals surface area contributed by atoms with Gasteiger partial charge in [0, 0.05) is 41.4 Å². The number of carbonyl (C=O) groups is 3. The maximum atomic E-state index is 14.3. The number of aromatic nitrogens is 1. The van der Waals surface area contributed by atoms with Gasteiger partial charge in [-0.1, -0.05) is 50.3 Å². The molecule has 0 radical (unpaired) electrons. The van der Waals surface area contributed by atoms with E-state index in [0.29, 0.717) is 18.4 Å². The summed E-state index contributed by atoms with van der Waals surface area (Å²) >= 11 is 0. The number of para-hydroxylation sites is 1. The minimum atomic E-state index is -1.66. The van der Waals surface area contributed by atoms with Crippen LogP contribution in [0.25, 0.3) is 10.9 Å². The highest BCUT2D eigenvalue weighted by atomic mass is 16.3. The summed E-state index contributed by atoms with van der Waals surface area (Å²) in [6.45, 7) is 6.96. The molecule has 3 aliphatic rings. The fourth-order valence-electron chi connectivity index (χ4n) is 7.56. The third-order valence-corrected chi connectivity index (χ3v) is 9.87. The number of fused-ring (bicyclic) bond motifs is 1. The lowest BCUT2D eigenvalue weighted by molar-refractivity contribution is -0.199. The van der Waals surface area contributed by atoms with Gasteiger partial charge in [-0.25, -0.2) is 0 Å². The molecule has 0 unspecified atom stereocenters. The fraction of sp³-hybridized carbons (Fsp3) is 0.531. The third-order valence-electron chi connectivity index (χ3n) is 9.87. The van der Waals surface area contributed by atoms with Crippen molar-refractivity contribution in [1.82, 2.24) is 10.3 Å². The summed E-state index contributed by atoms with van der Waals surface area (Å²) in [5.74, 6) is -3.60. The van der Waals surface area contributed by atoms with Gasteiger partial charge in [-0.05, 0) is 62.1 Å². The standard InChI is InChI=1S/C32H40N2O6/c1-17-8-7-10-22-29(38)31(4,40)19(3)27-24(15-20-16-33-23-11-6-5-9-21(20)23)34-30(39)32(22,27)26(36)13-12-25(35)28(37)18(2)14-17/h5-7,9-11,14,16-17,19,22,24-25,27,29,33,35,38,40H,8,12-13,15H2,1-4H3,(H,34,39)/t17-,19-,22-,24-,25+,27-,29-,31+,32+/m0/s1. The first-order valence-corrected chi connectivity index (χ1v) is 14.3. The number of aromatic amines is 1. The number of amides is 1. The van der Waals surface area contributed by atoms with Gasteiger partial charge in [-0.15, -0.1) is 0 Å². The molecule has 1 aromatic carbocycles. The van der Waals surface area contributed by atoms with Crippen molar-refractivity contribution in [3.05, 3.63) is 59.8 Å². The molecular weight excluding hydrogens is 508 g/mol. The molecule has 1 aromatic heterocycles. The van der Waals surface area contributed by atoms with Gasteiger partial charge in [0.15, 0.2) is 5.78 Å². The summed E-state index contributed by atoms with van der Waals surface area (Å²) in [5, 5.41) is 38.0. The molecule has 0 bridgehead atoms. The van der Waals surface area contributed by atoms with Gasteiger partial charge in [-0.2, -0.15) is 0 Å². The first-order valence-electron chi connectivity index (χ1n) is 14.3. The third kappa shape index (κ3) is 4.37. The van der Waals surface area contributed by atoms with Crippen molar-refractivity contribution in [2.45, 2.75) is 77.2 Å². The lowest BCUT2D eigenvalue weighted by Crippen LogP contribution is -2.67. The van der Waals surface area contributed by atoms with E-state index >= 15 is 0 Å². The Hall–Kier alpha value is -3.07. The van der Waals surface area contributed by atoms with E-state index in [-0.39, 0.29) is 18.8 Å². The highest BCUT2D eigenvalue weighted by Crippen LogP contribution is 2.58. The Morgan fingerprint density at radius 1 is 1.10 bits per heavy atom. The number of rotatable bonds is 2. The summed E-state index contributed by atoms with van der Waals surface area (Å²) in [6, 6.07) is 7.38. The number of hydrogen-bond donors (Lipinski definition) is 5. The number of benzene rings is 1. The number of nitrogens with one attached hydrogen (secondary N) is 2. The number of Topliss-reactive ketones (excluding diaryl/α,β-unsaturated/α-hetero) is 2. The Balaban J connectivity index is 1.62. The number of allylic oxidation sites excluding steroid dienone is 2. The molecule has 1 saturated carbocycles. The predicted molar refractivity (Wildman–Crippen MR) is 151 cm³/mol. The van der Waals surface area contributed by atoms with Gasteiger partial charge in [0.1, 0.15) is 17.3 Å².